The van der Waals surface area contributed by atoms with Crippen LogP contribution in [0.4, 0.5) is 0 Å². The number of sulfonamides is 1. The van der Waals surface area contributed by atoms with Gasteiger partial charge in [0.2, 0.25) is 10.0 Å². The summed E-state index contributed by atoms with van der Waals surface area (Å²) in [6, 6.07) is 13.1. The fourth-order valence-electron chi connectivity index (χ4n) is 3.76. The van der Waals surface area contributed by atoms with E-state index in [4.69, 9.17) is 4.74 Å². The molecule has 1 N–H and O–H groups in total. The predicted octanol–water partition coefficient (Wildman–Crippen LogP) is 2.89. The summed E-state index contributed by atoms with van der Waals surface area (Å²) in [6.07, 6.45) is 2.81. The maximum absolute atomic E-state index is 13.2. The van der Waals surface area contributed by atoms with Crippen LogP contribution in [-0.4, -0.2) is 40.6 Å². The molecule has 3 aromatic rings. The molecule has 1 fully saturated rings. The zero-order chi connectivity index (χ0) is 21.4. The minimum Gasteiger partial charge on any atom is -0.381 e. The van der Waals surface area contributed by atoms with Crippen LogP contribution < -0.4 is 4.72 Å². The lowest BCUT2D eigenvalue weighted by Crippen LogP contribution is -2.32. The first-order valence-electron chi connectivity index (χ1n) is 9.79. The van der Waals surface area contributed by atoms with Crippen molar-refractivity contribution in [2.24, 2.45) is 5.92 Å². The quantitative estimate of drug-likeness (QED) is 0.626. The highest BCUT2D eigenvalue weighted by molar-refractivity contribution is 7.91. The molecule has 1 aliphatic rings. The molecule has 0 aliphatic carbocycles. The van der Waals surface area contributed by atoms with E-state index in [0.29, 0.717) is 36.2 Å². The summed E-state index contributed by atoms with van der Waals surface area (Å²) in [4.78, 5) is 0.0738. The number of ether oxygens (including phenoxy) is 1. The molecule has 0 bridgehead atoms. The molecule has 160 valence electrons. The molecule has 0 radical (unpaired) electrons. The van der Waals surface area contributed by atoms with Crippen LogP contribution in [0.2, 0.25) is 0 Å². The van der Waals surface area contributed by atoms with Crippen LogP contribution in [0.5, 0.6) is 0 Å². The van der Waals surface area contributed by atoms with E-state index in [1.807, 2.05) is 0 Å². The molecule has 0 unspecified atom stereocenters. The molecule has 1 saturated heterocycles. The summed E-state index contributed by atoms with van der Waals surface area (Å²) in [5.41, 5.74) is 1.03. The number of hydrogen-bond acceptors (Lipinski definition) is 5. The molecule has 0 saturated carbocycles. The van der Waals surface area contributed by atoms with Crippen LogP contribution in [0.15, 0.2) is 64.5 Å². The van der Waals surface area contributed by atoms with E-state index in [1.54, 1.807) is 43.3 Å². The Morgan fingerprint density at radius 2 is 1.70 bits per heavy atom. The molecule has 30 heavy (non-hydrogen) atoms. The first kappa shape index (κ1) is 21.0. The van der Waals surface area contributed by atoms with E-state index in [9.17, 15) is 16.8 Å². The zero-order valence-corrected chi connectivity index (χ0v) is 18.2. The monoisotopic (exact) mass is 448 g/mol. The van der Waals surface area contributed by atoms with Crippen molar-refractivity contribution in [2.45, 2.75) is 29.6 Å². The Bertz CT molecular complexity index is 1260. The van der Waals surface area contributed by atoms with Crippen LogP contribution in [-0.2, 0) is 24.8 Å². The fraction of sp³-hybridized carbons (Fsp3) is 0.333. The number of rotatable bonds is 6. The number of hydrogen-bond donors (Lipinski definition) is 1. The van der Waals surface area contributed by atoms with Crippen molar-refractivity contribution in [1.82, 2.24) is 8.69 Å². The lowest BCUT2D eigenvalue weighted by atomic mass is 10.0. The number of aromatic nitrogens is 1. The SMILES string of the molecule is Cc1cccc2c1c(S(=O)(=O)NCC1CCOCC1)cn2S(=O)(=O)c1ccccc1. The Kier molecular flexibility index (Phi) is 5.71. The van der Waals surface area contributed by atoms with Gasteiger partial charge in [-0.05, 0) is 49.4 Å². The highest BCUT2D eigenvalue weighted by atomic mass is 32.2. The first-order valence-corrected chi connectivity index (χ1v) is 12.7. The molecule has 0 spiro atoms. The van der Waals surface area contributed by atoms with Crippen LogP contribution in [0.25, 0.3) is 10.9 Å². The molecule has 7 nitrogen and oxygen atoms in total. The Hall–Kier alpha value is -2.20. The number of benzene rings is 2. The highest BCUT2D eigenvalue weighted by Gasteiger charge is 2.28. The maximum Gasteiger partial charge on any atom is 0.268 e. The van der Waals surface area contributed by atoms with Crippen molar-refractivity contribution in [3.05, 3.63) is 60.3 Å². The zero-order valence-electron chi connectivity index (χ0n) is 16.6. The molecule has 2 heterocycles. The van der Waals surface area contributed by atoms with Crippen LogP contribution >= 0.6 is 0 Å². The van der Waals surface area contributed by atoms with Gasteiger partial charge in [-0.1, -0.05) is 30.3 Å². The molecule has 1 aromatic heterocycles. The van der Waals surface area contributed by atoms with E-state index in [1.165, 1.54) is 18.3 Å². The van der Waals surface area contributed by atoms with Crippen molar-refractivity contribution >= 4 is 30.9 Å². The van der Waals surface area contributed by atoms with Crippen molar-refractivity contribution < 1.29 is 21.6 Å². The molecule has 9 heteroatoms. The summed E-state index contributed by atoms with van der Waals surface area (Å²) in [5, 5.41) is 0.413. The Labute approximate surface area is 176 Å². The van der Waals surface area contributed by atoms with Gasteiger partial charge in [-0.25, -0.2) is 25.5 Å². The van der Waals surface area contributed by atoms with E-state index in [-0.39, 0.29) is 15.7 Å². The fourth-order valence-corrected chi connectivity index (χ4v) is 6.60. The minimum absolute atomic E-state index is 0.0258. The van der Waals surface area contributed by atoms with Gasteiger partial charge in [0.05, 0.1) is 10.4 Å². The third-order valence-electron chi connectivity index (χ3n) is 5.46. The Morgan fingerprint density at radius 1 is 1.00 bits per heavy atom. The van der Waals surface area contributed by atoms with Crippen molar-refractivity contribution in [3.63, 3.8) is 0 Å². The maximum atomic E-state index is 13.2. The van der Waals surface area contributed by atoms with Crippen LogP contribution in [0, 0.1) is 12.8 Å². The second-order valence-corrected chi connectivity index (χ2v) is 11.0. The summed E-state index contributed by atoms with van der Waals surface area (Å²) < 4.78 is 61.9. The summed E-state index contributed by atoms with van der Waals surface area (Å²) in [6.45, 7) is 3.33. The predicted molar refractivity (Wildman–Crippen MR) is 114 cm³/mol. The van der Waals surface area contributed by atoms with E-state index >= 15 is 0 Å². The third kappa shape index (κ3) is 3.90. The van der Waals surface area contributed by atoms with Gasteiger partial charge in [0, 0.05) is 31.3 Å². The van der Waals surface area contributed by atoms with Gasteiger partial charge in [0.15, 0.2) is 0 Å². The van der Waals surface area contributed by atoms with Gasteiger partial charge in [0.1, 0.15) is 4.90 Å². The lowest BCUT2D eigenvalue weighted by molar-refractivity contribution is 0.0678. The molecular formula is C21H24N2O5S2. The number of aryl methyl sites for hydroxylation is 1. The van der Waals surface area contributed by atoms with E-state index in [2.05, 4.69) is 4.72 Å². The number of nitrogens with one attached hydrogen (secondary N) is 1. The van der Waals surface area contributed by atoms with Crippen molar-refractivity contribution in [3.8, 4) is 0 Å². The smallest absolute Gasteiger partial charge is 0.268 e. The summed E-state index contributed by atoms with van der Waals surface area (Å²) >= 11 is 0. The second kappa shape index (κ2) is 8.14. The normalized spacial score (nSPS) is 16.2. The van der Waals surface area contributed by atoms with Crippen LogP contribution in [0.3, 0.4) is 0 Å². The molecule has 1 aliphatic heterocycles. The highest BCUT2D eigenvalue weighted by Crippen LogP contribution is 2.31. The number of fused-ring (bicyclic) bond motifs is 1. The lowest BCUT2D eigenvalue weighted by Gasteiger charge is -2.22. The first-order chi connectivity index (χ1) is 14.3. The van der Waals surface area contributed by atoms with Gasteiger partial charge in [0.25, 0.3) is 10.0 Å². The number of nitrogens with zero attached hydrogens (tertiary/aromatic N) is 1. The average molecular weight is 449 g/mol. The largest absolute Gasteiger partial charge is 0.381 e. The third-order valence-corrected chi connectivity index (χ3v) is 8.58. The van der Waals surface area contributed by atoms with Gasteiger partial charge in [-0.2, -0.15) is 0 Å². The standard InChI is InChI=1S/C21H24N2O5S2/c1-16-6-5-9-19-21(16)20(29(24,25)22-14-17-10-12-28-13-11-17)15-23(19)30(26,27)18-7-3-2-4-8-18/h2-9,15,17,22H,10-14H2,1H3. The topological polar surface area (TPSA) is 94.5 Å². The minimum atomic E-state index is -3.95. The summed E-state index contributed by atoms with van der Waals surface area (Å²) in [5.74, 6) is 0.205. The van der Waals surface area contributed by atoms with E-state index in [0.717, 1.165) is 16.8 Å². The van der Waals surface area contributed by atoms with Crippen molar-refractivity contribution in [1.29, 1.82) is 0 Å². The Morgan fingerprint density at radius 3 is 2.40 bits per heavy atom. The molecule has 0 amide bonds. The van der Waals surface area contributed by atoms with Gasteiger partial charge < -0.3 is 4.74 Å². The summed E-state index contributed by atoms with van der Waals surface area (Å²) in [7, 11) is -7.86. The molecule has 0 atom stereocenters. The van der Waals surface area contributed by atoms with E-state index < -0.39 is 20.0 Å². The second-order valence-electron chi connectivity index (χ2n) is 7.48. The van der Waals surface area contributed by atoms with Gasteiger partial charge >= 0.3 is 0 Å². The average Bonchev–Trinajstić information content (AvgIpc) is 3.17. The molecule has 2 aromatic carbocycles. The van der Waals surface area contributed by atoms with Gasteiger partial charge in [-0.3, -0.25) is 0 Å². The molecular weight excluding hydrogens is 424 g/mol. The molecule has 4 rings (SSSR count). The van der Waals surface area contributed by atoms with Crippen LogP contribution in [0.1, 0.15) is 18.4 Å². The van der Waals surface area contributed by atoms with Gasteiger partial charge in [-0.15, -0.1) is 0 Å². The Balaban J connectivity index is 1.79. The van der Waals surface area contributed by atoms with Crippen molar-refractivity contribution in [2.75, 3.05) is 19.8 Å².